The molecule has 0 atom stereocenters. The van der Waals surface area contributed by atoms with Crippen molar-refractivity contribution in [2.45, 2.75) is 26.3 Å². The Morgan fingerprint density at radius 2 is 2.23 bits per heavy atom. The predicted octanol–water partition coefficient (Wildman–Crippen LogP) is 2.42. The molecule has 4 rings (SSSR count). The van der Waals surface area contributed by atoms with Gasteiger partial charge >= 0.3 is 0 Å². The zero-order chi connectivity index (χ0) is 20.8. The van der Waals surface area contributed by atoms with Crippen LogP contribution in [0.3, 0.4) is 0 Å². The number of ketones is 1. The van der Waals surface area contributed by atoms with Gasteiger partial charge in [0, 0.05) is 43.4 Å². The fourth-order valence-corrected chi connectivity index (χ4v) is 3.76. The molecule has 0 spiro atoms. The minimum Gasteiger partial charge on any atom is -0.454 e. The Balaban J connectivity index is 1.29. The van der Waals surface area contributed by atoms with Crippen LogP contribution in [0.25, 0.3) is 5.95 Å². The molecule has 10 heteroatoms. The summed E-state index contributed by atoms with van der Waals surface area (Å²) in [4.78, 5) is 22.7. The van der Waals surface area contributed by atoms with E-state index in [4.69, 9.17) is 9.47 Å². The Morgan fingerprint density at radius 1 is 1.33 bits per heavy atom. The Labute approximate surface area is 178 Å². The molecule has 1 N–H and O–H groups in total. The molecule has 0 saturated heterocycles. The minimum atomic E-state index is 0.183. The summed E-state index contributed by atoms with van der Waals surface area (Å²) in [5.41, 5.74) is 1.14. The van der Waals surface area contributed by atoms with Crippen molar-refractivity contribution in [2.75, 3.05) is 31.3 Å². The summed E-state index contributed by atoms with van der Waals surface area (Å²) in [5, 5.41) is 4.19. The molecule has 2 aromatic heterocycles. The molecule has 0 radical (unpaired) electrons. The molecular weight excluding hydrogens is 404 g/mol. The summed E-state index contributed by atoms with van der Waals surface area (Å²) in [6.45, 7) is 4.79. The second-order valence-electron chi connectivity index (χ2n) is 6.88. The highest BCUT2D eigenvalue weighted by atomic mass is 32.1. The third-order valence-corrected chi connectivity index (χ3v) is 5.49. The molecule has 30 heavy (non-hydrogen) atoms. The number of anilines is 1. The number of carbonyl (C=O) groups excluding carboxylic acids is 1. The first-order valence-corrected chi connectivity index (χ1v) is 10.7. The molecule has 0 saturated carbocycles. The zero-order valence-electron chi connectivity index (χ0n) is 16.8. The molecule has 0 fully saturated rings. The van der Waals surface area contributed by atoms with Gasteiger partial charge in [0.05, 0.1) is 6.54 Å². The van der Waals surface area contributed by atoms with E-state index in [9.17, 15) is 4.79 Å². The summed E-state index contributed by atoms with van der Waals surface area (Å²) >= 11 is 1.30. The van der Waals surface area contributed by atoms with Crippen LogP contribution in [0.1, 0.15) is 25.3 Å². The summed E-state index contributed by atoms with van der Waals surface area (Å²) in [7, 11) is 0. The normalized spacial score (nSPS) is 12.3. The first-order valence-electron chi connectivity index (χ1n) is 9.91. The van der Waals surface area contributed by atoms with Crippen molar-refractivity contribution in [3.05, 3.63) is 42.5 Å². The highest BCUT2D eigenvalue weighted by molar-refractivity contribution is 7.09. The average molecular weight is 429 g/mol. The standard InChI is InChI=1S/C20H24N6O3S/c1-2-16(27)12-25(20-23-19(24-30-20)26-9-7-22-13-26)8-3-6-21-11-15-4-5-17-18(10-15)29-14-28-17/h4-5,7,9-10,13,21H,2-3,6,8,11-12,14H2,1H3. The van der Waals surface area contributed by atoms with E-state index in [0.29, 0.717) is 18.9 Å². The van der Waals surface area contributed by atoms with E-state index in [1.54, 1.807) is 23.3 Å². The van der Waals surface area contributed by atoms with Crippen molar-refractivity contribution in [2.24, 2.45) is 0 Å². The van der Waals surface area contributed by atoms with Crippen molar-refractivity contribution >= 4 is 22.4 Å². The van der Waals surface area contributed by atoms with Crippen LogP contribution in [-0.4, -0.2) is 51.1 Å². The molecular formula is C20H24N6O3S. The van der Waals surface area contributed by atoms with E-state index in [2.05, 4.69) is 19.7 Å². The average Bonchev–Trinajstić information content (AvgIpc) is 3.53. The number of aromatic nitrogens is 4. The van der Waals surface area contributed by atoms with Gasteiger partial charge < -0.3 is 19.7 Å². The molecule has 3 aromatic rings. The number of Topliss-reactive ketones (excluding diaryl/α,β-unsaturated/α-hetero) is 1. The van der Waals surface area contributed by atoms with Gasteiger partial charge in [-0.15, -0.1) is 0 Å². The number of fused-ring (bicyclic) bond motifs is 1. The van der Waals surface area contributed by atoms with Gasteiger partial charge in [-0.05, 0) is 30.7 Å². The molecule has 1 aromatic carbocycles. The number of ether oxygens (including phenoxy) is 2. The number of nitrogens with one attached hydrogen (secondary N) is 1. The third-order valence-electron chi connectivity index (χ3n) is 4.72. The Morgan fingerprint density at radius 3 is 3.07 bits per heavy atom. The molecule has 0 aliphatic carbocycles. The Hall–Kier alpha value is -2.98. The van der Waals surface area contributed by atoms with Gasteiger partial charge in [0.15, 0.2) is 17.3 Å². The molecule has 9 nitrogen and oxygen atoms in total. The number of imidazole rings is 1. The lowest BCUT2D eigenvalue weighted by Crippen LogP contribution is -2.32. The number of rotatable bonds is 11. The van der Waals surface area contributed by atoms with Crippen molar-refractivity contribution < 1.29 is 14.3 Å². The molecule has 0 bridgehead atoms. The van der Waals surface area contributed by atoms with Crippen LogP contribution in [0.15, 0.2) is 36.9 Å². The molecule has 1 aliphatic rings. The Kier molecular flexibility index (Phi) is 6.55. The van der Waals surface area contributed by atoms with Crippen LogP contribution in [0.2, 0.25) is 0 Å². The predicted molar refractivity (Wildman–Crippen MR) is 113 cm³/mol. The van der Waals surface area contributed by atoms with Crippen LogP contribution < -0.4 is 19.7 Å². The second-order valence-corrected chi connectivity index (χ2v) is 7.61. The fraction of sp³-hybridized carbons (Fsp3) is 0.400. The fourth-order valence-electron chi connectivity index (χ4n) is 3.06. The minimum absolute atomic E-state index is 0.183. The van der Waals surface area contributed by atoms with Gasteiger partial charge in [-0.3, -0.25) is 9.36 Å². The molecule has 0 unspecified atom stereocenters. The molecule has 0 amide bonds. The zero-order valence-corrected chi connectivity index (χ0v) is 17.6. The number of hydrogen-bond acceptors (Lipinski definition) is 9. The highest BCUT2D eigenvalue weighted by Crippen LogP contribution is 2.32. The summed E-state index contributed by atoms with van der Waals surface area (Å²) < 4.78 is 16.9. The van der Waals surface area contributed by atoms with Crippen LogP contribution in [0.5, 0.6) is 11.5 Å². The number of nitrogens with zero attached hydrogens (tertiary/aromatic N) is 5. The molecule has 1 aliphatic heterocycles. The summed E-state index contributed by atoms with van der Waals surface area (Å²) in [6, 6.07) is 5.97. The Bertz CT molecular complexity index is 975. The maximum atomic E-state index is 12.1. The summed E-state index contributed by atoms with van der Waals surface area (Å²) in [6.07, 6.45) is 6.53. The van der Waals surface area contributed by atoms with E-state index in [1.165, 1.54) is 11.5 Å². The van der Waals surface area contributed by atoms with Crippen LogP contribution >= 0.6 is 11.5 Å². The lowest BCUT2D eigenvalue weighted by Gasteiger charge is -2.20. The van der Waals surface area contributed by atoms with Crippen molar-refractivity contribution in [1.29, 1.82) is 0 Å². The number of benzene rings is 1. The lowest BCUT2D eigenvalue weighted by atomic mass is 10.2. The van der Waals surface area contributed by atoms with Gasteiger partial charge in [-0.25, -0.2) is 4.98 Å². The molecule has 158 valence electrons. The highest BCUT2D eigenvalue weighted by Gasteiger charge is 2.16. The lowest BCUT2D eigenvalue weighted by molar-refractivity contribution is -0.117. The summed E-state index contributed by atoms with van der Waals surface area (Å²) in [5.74, 6) is 2.34. The topological polar surface area (TPSA) is 94.4 Å². The number of carbonyl (C=O) groups is 1. The maximum Gasteiger partial charge on any atom is 0.248 e. The SMILES string of the molecule is CCC(=O)CN(CCCNCc1ccc2c(c1)OCO2)c1nc(-n2ccnc2)ns1. The van der Waals surface area contributed by atoms with Crippen LogP contribution in [0, 0.1) is 0 Å². The quantitative estimate of drug-likeness (QED) is 0.466. The van der Waals surface area contributed by atoms with Gasteiger partial charge in [0.25, 0.3) is 0 Å². The second kappa shape index (κ2) is 9.68. The van der Waals surface area contributed by atoms with Gasteiger partial charge in [-0.1, -0.05) is 13.0 Å². The van der Waals surface area contributed by atoms with Crippen molar-refractivity contribution in [3.8, 4) is 17.4 Å². The van der Waals surface area contributed by atoms with E-state index < -0.39 is 0 Å². The van der Waals surface area contributed by atoms with E-state index in [-0.39, 0.29) is 12.6 Å². The van der Waals surface area contributed by atoms with Gasteiger partial charge in [0.1, 0.15) is 6.33 Å². The monoisotopic (exact) mass is 428 g/mol. The van der Waals surface area contributed by atoms with Gasteiger partial charge in [0.2, 0.25) is 17.9 Å². The first kappa shape index (κ1) is 20.3. The van der Waals surface area contributed by atoms with Crippen molar-refractivity contribution in [1.82, 2.24) is 24.2 Å². The maximum absolute atomic E-state index is 12.1. The largest absolute Gasteiger partial charge is 0.454 e. The van der Waals surface area contributed by atoms with E-state index >= 15 is 0 Å². The molecule has 3 heterocycles. The van der Waals surface area contributed by atoms with Crippen LogP contribution in [0.4, 0.5) is 5.13 Å². The first-order chi connectivity index (χ1) is 14.7. The van der Waals surface area contributed by atoms with Gasteiger partial charge in [-0.2, -0.15) is 9.36 Å². The van der Waals surface area contributed by atoms with Crippen LogP contribution in [-0.2, 0) is 11.3 Å². The van der Waals surface area contributed by atoms with Crippen molar-refractivity contribution in [3.63, 3.8) is 0 Å². The third kappa shape index (κ3) is 4.95. The van der Waals surface area contributed by atoms with E-state index in [0.717, 1.165) is 48.2 Å². The number of hydrogen-bond donors (Lipinski definition) is 1. The smallest absolute Gasteiger partial charge is 0.248 e. The van der Waals surface area contributed by atoms with E-state index in [1.807, 2.05) is 30.0 Å².